The van der Waals surface area contributed by atoms with E-state index >= 15 is 0 Å². The van der Waals surface area contributed by atoms with E-state index in [0.29, 0.717) is 18.3 Å². The summed E-state index contributed by atoms with van der Waals surface area (Å²) in [6.45, 7) is 9.48. The Bertz CT molecular complexity index is 743. The van der Waals surface area contributed by atoms with Gasteiger partial charge in [0.15, 0.2) is 0 Å². The minimum atomic E-state index is -2.64. The normalized spacial score (nSPS) is 30.6. The molecular formula is C27H39F2N. The zero-order valence-corrected chi connectivity index (χ0v) is 19.2. The second-order valence-electron chi connectivity index (χ2n) is 9.76. The van der Waals surface area contributed by atoms with Gasteiger partial charge in [-0.05, 0) is 82.6 Å². The number of hydrogen-bond acceptors (Lipinski definition) is 1. The van der Waals surface area contributed by atoms with Crippen molar-refractivity contribution in [3.8, 4) is 0 Å². The maximum absolute atomic E-state index is 13.4. The number of alkyl halides is 2. The lowest BCUT2D eigenvalue weighted by molar-refractivity contribution is 0.0135. The van der Waals surface area contributed by atoms with Crippen molar-refractivity contribution in [1.82, 2.24) is 0 Å². The number of fused-ring (bicyclic) bond motifs is 3. The fourth-order valence-electron chi connectivity index (χ4n) is 5.37. The Morgan fingerprint density at radius 2 is 2.07 bits per heavy atom. The highest BCUT2D eigenvalue weighted by Gasteiger charge is 2.33. The highest BCUT2D eigenvalue weighted by atomic mass is 19.3. The zero-order chi connectivity index (χ0) is 21.7. The third kappa shape index (κ3) is 6.25. The lowest BCUT2D eigenvalue weighted by Gasteiger charge is -2.32. The van der Waals surface area contributed by atoms with Gasteiger partial charge in [-0.25, -0.2) is 8.78 Å². The van der Waals surface area contributed by atoms with Crippen LogP contribution in [0, 0.1) is 17.8 Å². The van der Waals surface area contributed by atoms with Crippen molar-refractivity contribution >= 4 is 5.71 Å². The molecule has 2 bridgehead atoms. The molecule has 0 saturated heterocycles. The summed E-state index contributed by atoms with van der Waals surface area (Å²) < 4.78 is 26.7. The van der Waals surface area contributed by atoms with Gasteiger partial charge in [0.25, 0.3) is 0 Å². The van der Waals surface area contributed by atoms with Crippen molar-refractivity contribution in [1.29, 1.82) is 0 Å². The van der Waals surface area contributed by atoms with Crippen LogP contribution < -0.4 is 0 Å². The standard InChI is InChI=1S/C27H39F2N/c1-5-8-24-23(17-19(2)15-16-27(4,28)29)12-6-9-20(3)30-26(24)25-18-21-10-7-11-22(25)14-13-21/h9,17-18,21-22,24H,2,5-8,10-16H2,1,3-4H3/b20-9+,23-17-,30-26?. The van der Waals surface area contributed by atoms with Crippen molar-refractivity contribution in [3.63, 3.8) is 0 Å². The number of halogens is 2. The molecule has 1 nitrogen and oxygen atoms in total. The molecular weight excluding hydrogens is 376 g/mol. The van der Waals surface area contributed by atoms with Crippen molar-refractivity contribution in [2.45, 2.75) is 97.3 Å². The van der Waals surface area contributed by atoms with Gasteiger partial charge in [-0.3, -0.25) is 4.99 Å². The largest absolute Gasteiger partial charge is 0.258 e. The molecule has 3 unspecified atom stereocenters. The molecule has 3 atom stereocenters. The lowest BCUT2D eigenvalue weighted by atomic mass is 9.74. The molecule has 1 fully saturated rings. The van der Waals surface area contributed by atoms with Crippen molar-refractivity contribution in [3.05, 3.63) is 47.2 Å². The maximum atomic E-state index is 13.4. The van der Waals surface area contributed by atoms with Gasteiger partial charge in [-0.15, -0.1) is 0 Å². The first-order chi connectivity index (χ1) is 14.3. The summed E-state index contributed by atoms with van der Waals surface area (Å²) in [5.41, 5.74) is 6.04. The van der Waals surface area contributed by atoms with Gasteiger partial charge < -0.3 is 0 Å². The quantitative estimate of drug-likeness (QED) is 0.395. The summed E-state index contributed by atoms with van der Waals surface area (Å²) in [5, 5.41) is 0. The predicted molar refractivity (Wildman–Crippen MR) is 124 cm³/mol. The molecule has 4 rings (SSSR count). The molecule has 0 spiro atoms. The summed E-state index contributed by atoms with van der Waals surface area (Å²) in [6.07, 6.45) is 17.7. The molecule has 0 N–H and O–H groups in total. The summed E-state index contributed by atoms with van der Waals surface area (Å²) in [6, 6.07) is 0. The molecule has 0 amide bonds. The Kier molecular flexibility index (Phi) is 7.87. The second kappa shape index (κ2) is 10.2. The van der Waals surface area contributed by atoms with Gasteiger partial charge >= 0.3 is 0 Å². The molecule has 4 aliphatic rings. The average Bonchev–Trinajstić information content (AvgIpc) is 3.02. The van der Waals surface area contributed by atoms with Crippen molar-refractivity contribution in [2.75, 3.05) is 0 Å². The number of allylic oxidation sites excluding steroid dienone is 7. The van der Waals surface area contributed by atoms with Crippen LogP contribution in [0.5, 0.6) is 0 Å². The fraction of sp³-hybridized carbons (Fsp3) is 0.667. The summed E-state index contributed by atoms with van der Waals surface area (Å²) >= 11 is 0. The molecule has 30 heavy (non-hydrogen) atoms. The van der Waals surface area contributed by atoms with Crippen LogP contribution in [0.4, 0.5) is 8.78 Å². The van der Waals surface area contributed by atoms with Crippen LogP contribution in [0.1, 0.15) is 91.4 Å². The van der Waals surface area contributed by atoms with E-state index in [4.69, 9.17) is 4.99 Å². The number of aliphatic imine (C=N–C) groups is 1. The predicted octanol–water partition coefficient (Wildman–Crippen LogP) is 8.60. The minimum Gasteiger partial charge on any atom is -0.258 e. The van der Waals surface area contributed by atoms with Gasteiger partial charge in [-0.1, -0.05) is 55.7 Å². The summed E-state index contributed by atoms with van der Waals surface area (Å²) in [4.78, 5) is 5.18. The van der Waals surface area contributed by atoms with Gasteiger partial charge in [-0.2, -0.15) is 0 Å². The van der Waals surface area contributed by atoms with Crippen LogP contribution >= 0.6 is 0 Å². The van der Waals surface area contributed by atoms with Crippen molar-refractivity contribution < 1.29 is 8.78 Å². The average molecular weight is 416 g/mol. The Morgan fingerprint density at radius 3 is 2.80 bits per heavy atom. The molecule has 1 aliphatic heterocycles. The van der Waals surface area contributed by atoms with Crippen LogP contribution in [0.15, 0.2) is 52.2 Å². The number of hydrogen-bond donors (Lipinski definition) is 0. The molecule has 3 heteroatoms. The van der Waals surface area contributed by atoms with E-state index in [0.717, 1.165) is 43.9 Å². The number of rotatable bonds is 7. The Morgan fingerprint density at radius 1 is 1.27 bits per heavy atom. The summed E-state index contributed by atoms with van der Waals surface area (Å²) in [7, 11) is 0. The van der Waals surface area contributed by atoms with E-state index in [9.17, 15) is 8.78 Å². The molecule has 3 aliphatic carbocycles. The summed E-state index contributed by atoms with van der Waals surface area (Å²) in [5.74, 6) is -1.02. The van der Waals surface area contributed by atoms with E-state index in [-0.39, 0.29) is 12.3 Å². The van der Waals surface area contributed by atoms with Crippen LogP contribution in [0.25, 0.3) is 0 Å². The zero-order valence-electron chi connectivity index (χ0n) is 19.2. The first kappa shape index (κ1) is 23.2. The third-order valence-corrected chi connectivity index (χ3v) is 6.96. The molecule has 0 aromatic carbocycles. The van der Waals surface area contributed by atoms with Gasteiger partial charge in [0.1, 0.15) is 0 Å². The van der Waals surface area contributed by atoms with E-state index in [1.54, 1.807) is 0 Å². The Labute approximate surface area is 182 Å². The molecule has 0 aromatic heterocycles. The topological polar surface area (TPSA) is 12.4 Å². The SMILES string of the molecule is C=C(/C=C1/CC/C=C(\C)N=C(C2=CC3CCCC2CC3)C1CCC)CCC(C)(F)F. The maximum Gasteiger partial charge on any atom is 0.245 e. The number of nitrogens with zero attached hydrogens (tertiary/aromatic N) is 1. The van der Waals surface area contributed by atoms with Crippen LogP contribution in [-0.4, -0.2) is 11.6 Å². The van der Waals surface area contributed by atoms with E-state index < -0.39 is 5.92 Å². The lowest BCUT2D eigenvalue weighted by Crippen LogP contribution is -2.26. The van der Waals surface area contributed by atoms with E-state index in [2.05, 4.69) is 38.7 Å². The van der Waals surface area contributed by atoms with Gasteiger partial charge in [0.2, 0.25) is 5.92 Å². The smallest absolute Gasteiger partial charge is 0.245 e. The van der Waals surface area contributed by atoms with E-state index in [1.807, 2.05) is 0 Å². The van der Waals surface area contributed by atoms with Crippen LogP contribution in [0.2, 0.25) is 0 Å². The molecule has 1 saturated carbocycles. The molecule has 166 valence electrons. The monoisotopic (exact) mass is 415 g/mol. The Hall–Kier alpha value is -1.51. The second-order valence-corrected chi connectivity index (χ2v) is 9.76. The highest BCUT2D eigenvalue weighted by Crippen LogP contribution is 2.42. The van der Waals surface area contributed by atoms with Gasteiger partial charge in [0.05, 0.1) is 5.71 Å². The molecule has 0 aromatic rings. The molecule has 0 radical (unpaired) electrons. The Balaban J connectivity index is 1.95. The first-order valence-corrected chi connectivity index (χ1v) is 12.0. The van der Waals surface area contributed by atoms with E-state index in [1.165, 1.54) is 49.0 Å². The fourth-order valence-corrected chi connectivity index (χ4v) is 5.37. The van der Waals surface area contributed by atoms with Crippen LogP contribution in [-0.2, 0) is 0 Å². The third-order valence-electron chi connectivity index (χ3n) is 6.96. The minimum absolute atomic E-state index is 0.136. The molecule has 1 heterocycles. The van der Waals surface area contributed by atoms with Crippen LogP contribution in [0.3, 0.4) is 0 Å². The first-order valence-electron chi connectivity index (χ1n) is 12.0. The van der Waals surface area contributed by atoms with Gasteiger partial charge in [0, 0.05) is 18.0 Å². The van der Waals surface area contributed by atoms with Crippen molar-refractivity contribution in [2.24, 2.45) is 22.7 Å². The highest BCUT2D eigenvalue weighted by molar-refractivity contribution is 6.04.